The van der Waals surface area contributed by atoms with Gasteiger partial charge in [-0.1, -0.05) is 64.2 Å². The summed E-state index contributed by atoms with van der Waals surface area (Å²) < 4.78 is 19.0. The summed E-state index contributed by atoms with van der Waals surface area (Å²) >= 11 is 0. The Balaban J connectivity index is 2.16. The predicted molar refractivity (Wildman–Crippen MR) is 181 cm³/mol. The minimum atomic E-state index is -2.03. The van der Waals surface area contributed by atoms with Crippen LogP contribution >= 0.6 is 0 Å². The van der Waals surface area contributed by atoms with E-state index in [0.29, 0.717) is 31.1 Å². The highest BCUT2D eigenvalue weighted by Crippen LogP contribution is 2.46. The summed E-state index contributed by atoms with van der Waals surface area (Å²) in [4.78, 5) is 25.3. The van der Waals surface area contributed by atoms with E-state index in [-0.39, 0.29) is 53.0 Å². The fourth-order valence-electron chi connectivity index (χ4n) is 6.50. The summed E-state index contributed by atoms with van der Waals surface area (Å²) in [6.07, 6.45) is 18.9. The first-order valence-electron chi connectivity index (χ1n) is 16.5. The molecule has 2 aliphatic rings. The molecular weight excluding hydrogens is 552 g/mol. The highest BCUT2D eigenvalue weighted by Gasteiger charge is 2.48. The summed E-state index contributed by atoms with van der Waals surface area (Å²) in [5.74, 6) is 0.851. The fourth-order valence-corrected chi connectivity index (χ4v) is 7.86. The molecule has 8 atom stereocenters. The van der Waals surface area contributed by atoms with Gasteiger partial charge in [0.2, 0.25) is 0 Å². The van der Waals surface area contributed by atoms with Gasteiger partial charge in [0.05, 0.1) is 6.10 Å². The van der Waals surface area contributed by atoms with Crippen molar-refractivity contribution in [2.24, 2.45) is 29.6 Å². The first-order valence-corrected chi connectivity index (χ1v) is 19.4. The maximum absolute atomic E-state index is 12.8. The van der Waals surface area contributed by atoms with Crippen molar-refractivity contribution >= 4 is 20.3 Å². The number of carbonyl (C=O) groups excluding carboxylic acids is 2. The first kappa shape index (κ1) is 37.0. The number of allylic oxidation sites excluding steroid dienone is 5. The molecule has 0 aromatic heterocycles. The van der Waals surface area contributed by atoms with E-state index < -0.39 is 8.32 Å². The Morgan fingerprint density at radius 3 is 1.67 bits per heavy atom. The molecule has 2 fully saturated rings. The lowest BCUT2D eigenvalue weighted by Gasteiger charge is -2.39. The molecule has 2 rings (SSSR count). The molecule has 242 valence electrons. The number of hydrogen-bond acceptors (Lipinski definition) is 5. The Hall–Kier alpha value is -2.18. The van der Waals surface area contributed by atoms with Crippen LogP contribution in [0.3, 0.4) is 0 Å². The SMILES string of the molecule is C=CCCCC(=O)O[C@H]1C[C@@H](C)[C@H](C=C)[C@H]1C/C=C/C[C@@H]1[C@@H](C=C)[C@H](O[Si](C)(C)C(C)(C)C)C[C@@H]1OC(=O)CCCC=C. The standard InChI is InChI=1S/C37H60O5Si/c1-11-15-17-23-35(38)40-32-25-27(5)28(13-3)30(32)21-19-20-22-31-29(14-4)34(42-43(9,10)37(6,7)8)26-33(31)41-36(39)24-18-16-12-2/h11-14,19-20,27-34H,1-4,15-18,21-26H2,5-10H3/b20-19+/t27-,28+,29-,30-,31-,32+,33+,34-/m1/s1. The highest BCUT2D eigenvalue weighted by molar-refractivity contribution is 6.74. The highest BCUT2D eigenvalue weighted by atomic mass is 28.4. The van der Waals surface area contributed by atoms with Crippen LogP contribution in [-0.4, -0.2) is 38.6 Å². The maximum Gasteiger partial charge on any atom is 0.306 e. The molecule has 6 heteroatoms. The van der Waals surface area contributed by atoms with E-state index in [4.69, 9.17) is 13.9 Å². The lowest BCUT2D eigenvalue weighted by Crippen LogP contribution is -2.45. The predicted octanol–water partition coefficient (Wildman–Crippen LogP) is 9.53. The lowest BCUT2D eigenvalue weighted by atomic mass is 9.87. The van der Waals surface area contributed by atoms with Gasteiger partial charge in [0, 0.05) is 37.0 Å². The average Bonchev–Trinajstić information content (AvgIpc) is 3.40. The van der Waals surface area contributed by atoms with Crippen molar-refractivity contribution in [2.75, 3.05) is 0 Å². The van der Waals surface area contributed by atoms with Gasteiger partial charge in [-0.15, -0.1) is 26.3 Å². The van der Waals surface area contributed by atoms with Gasteiger partial charge in [-0.05, 0) is 74.9 Å². The van der Waals surface area contributed by atoms with Crippen molar-refractivity contribution in [3.8, 4) is 0 Å². The van der Waals surface area contributed by atoms with Gasteiger partial charge in [-0.2, -0.15) is 0 Å². The van der Waals surface area contributed by atoms with Gasteiger partial charge in [-0.25, -0.2) is 0 Å². The number of rotatable bonds is 18. The molecular formula is C37H60O5Si. The number of ether oxygens (including phenoxy) is 2. The molecule has 0 saturated heterocycles. The molecule has 0 spiro atoms. The van der Waals surface area contributed by atoms with Crippen LogP contribution in [0, 0.1) is 29.6 Å². The van der Waals surface area contributed by atoms with Gasteiger partial charge in [-0.3, -0.25) is 9.59 Å². The maximum atomic E-state index is 12.8. The zero-order valence-corrected chi connectivity index (χ0v) is 29.0. The molecule has 0 unspecified atom stereocenters. The molecule has 0 amide bonds. The van der Waals surface area contributed by atoms with Crippen LogP contribution in [0.1, 0.15) is 91.9 Å². The third-order valence-electron chi connectivity index (χ3n) is 10.0. The van der Waals surface area contributed by atoms with Gasteiger partial charge in [0.25, 0.3) is 0 Å². The van der Waals surface area contributed by atoms with E-state index in [1.54, 1.807) is 0 Å². The molecule has 0 aromatic rings. The summed E-state index contributed by atoms with van der Waals surface area (Å²) in [6, 6.07) is 0. The first-order chi connectivity index (χ1) is 20.3. The second-order valence-electron chi connectivity index (χ2n) is 14.2. The molecule has 0 bridgehead atoms. The molecule has 2 aliphatic carbocycles. The molecule has 5 nitrogen and oxygen atoms in total. The smallest absolute Gasteiger partial charge is 0.306 e. The van der Waals surface area contributed by atoms with Crippen molar-refractivity contribution in [3.63, 3.8) is 0 Å². The molecule has 0 aliphatic heterocycles. The van der Waals surface area contributed by atoms with Crippen molar-refractivity contribution in [1.29, 1.82) is 0 Å². The van der Waals surface area contributed by atoms with Gasteiger partial charge >= 0.3 is 11.9 Å². The minimum absolute atomic E-state index is 0.0199. The number of unbranched alkanes of at least 4 members (excludes halogenated alkanes) is 2. The zero-order valence-electron chi connectivity index (χ0n) is 28.0. The topological polar surface area (TPSA) is 61.8 Å². The summed E-state index contributed by atoms with van der Waals surface area (Å²) in [6.45, 7) is 29.3. The van der Waals surface area contributed by atoms with Crippen LogP contribution in [-0.2, 0) is 23.5 Å². The van der Waals surface area contributed by atoms with Crippen LogP contribution in [0.2, 0.25) is 18.1 Å². The summed E-state index contributed by atoms with van der Waals surface area (Å²) in [5, 5.41) is 0.0827. The largest absolute Gasteiger partial charge is 0.462 e. The lowest BCUT2D eigenvalue weighted by molar-refractivity contribution is -0.152. The van der Waals surface area contributed by atoms with Gasteiger partial charge in [0.1, 0.15) is 12.2 Å². The number of esters is 2. The molecule has 0 N–H and O–H groups in total. The van der Waals surface area contributed by atoms with Gasteiger partial charge in [0.15, 0.2) is 8.32 Å². The van der Waals surface area contributed by atoms with Crippen molar-refractivity contribution in [2.45, 2.75) is 128 Å². The van der Waals surface area contributed by atoms with Crippen LogP contribution in [0.5, 0.6) is 0 Å². The van der Waals surface area contributed by atoms with Crippen LogP contribution in [0.15, 0.2) is 62.8 Å². The average molecular weight is 613 g/mol. The molecule has 0 radical (unpaired) electrons. The quantitative estimate of drug-likeness (QED) is 0.0668. The third kappa shape index (κ3) is 10.7. The zero-order chi connectivity index (χ0) is 32.2. The number of carbonyl (C=O) groups is 2. The second-order valence-corrected chi connectivity index (χ2v) is 18.9. The van der Waals surface area contributed by atoms with Crippen molar-refractivity contribution in [1.82, 2.24) is 0 Å². The van der Waals surface area contributed by atoms with E-state index in [2.05, 4.69) is 79.3 Å². The summed E-state index contributed by atoms with van der Waals surface area (Å²) in [7, 11) is -2.03. The van der Waals surface area contributed by atoms with E-state index in [9.17, 15) is 9.59 Å². The minimum Gasteiger partial charge on any atom is -0.462 e. The Bertz CT molecular complexity index is 976. The Morgan fingerprint density at radius 2 is 1.23 bits per heavy atom. The molecule has 43 heavy (non-hydrogen) atoms. The summed E-state index contributed by atoms with van der Waals surface area (Å²) in [5.41, 5.74) is 0. The Kier molecular flexibility index (Phi) is 14.9. The third-order valence-corrected chi connectivity index (χ3v) is 14.5. The van der Waals surface area contributed by atoms with Crippen molar-refractivity contribution in [3.05, 3.63) is 62.8 Å². The molecule has 0 aromatic carbocycles. The fraction of sp³-hybridized carbons (Fsp3) is 0.676. The van der Waals surface area contributed by atoms with Crippen LogP contribution in [0.25, 0.3) is 0 Å². The van der Waals surface area contributed by atoms with Crippen LogP contribution < -0.4 is 0 Å². The normalized spacial score (nSPS) is 29.3. The Morgan fingerprint density at radius 1 is 0.767 bits per heavy atom. The molecule has 2 saturated carbocycles. The van der Waals surface area contributed by atoms with Gasteiger partial charge < -0.3 is 13.9 Å². The number of hydrogen-bond donors (Lipinski definition) is 0. The molecule has 0 heterocycles. The van der Waals surface area contributed by atoms with Crippen molar-refractivity contribution < 1.29 is 23.5 Å². The van der Waals surface area contributed by atoms with E-state index in [1.165, 1.54) is 0 Å². The Labute approximate surface area is 264 Å². The van der Waals surface area contributed by atoms with Crippen LogP contribution in [0.4, 0.5) is 0 Å². The van der Waals surface area contributed by atoms with E-state index >= 15 is 0 Å². The second kappa shape index (κ2) is 17.3. The van der Waals surface area contributed by atoms with E-state index in [0.717, 1.165) is 44.9 Å². The monoisotopic (exact) mass is 612 g/mol. The van der Waals surface area contributed by atoms with E-state index in [1.807, 2.05) is 24.3 Å².